The molecule has 166 valence electrons. The number of halogens is 1. The molecule has 1 atom stereocenters. The van der Waals surface area contributed by atoms with Gasteiger partial charge < -0.3 is 15.6 Å². The fourth-order valence-corrected chi connectivity index (χ4v) is 4.43. The molecular formula is C26H28ClN3O2. The third-order valence-electron chi connectivity index (χ3n) is 5.97. The van der Waals surface area contributed by atoms with Crippen LogP contribution in [0.15, 0.2) is 66.4 Å². The number of hydrogen-bond donors (Lipinski definition) is 3. The van der Waals surface area contributed by atoms with Crippen molar-refractivity contribution in [3.8, 4) is 0 Å². The van der Waals surface area contributed by atoms with Crippen LogP contribution in [0.1, 0.15) is 48.0 Å². The minimum absolute atomic E-state index is 0.188. The molecule has 1 aliphatic rings. The molecule has 0 saturated heterocycles. The third kappa shape index (κ3) is 5.40. The number of benzene rings is 2. The molecule has 1 aromatic heterocycles. The number of hydrogen-bond acceptors (Lipinski definition) is 2. The first-order valence-electron chi connectivity index (χ1n) is 11.2. The highest BCUT2D eigenvalue weighted by Crippen LogP contribution is 2.21. The Morgan fingerprint density at radius 3 is 2.69 bits per heavy atom. The lowest BCUT2D eigenvalue weighted by molar-refractivity contribution is -0.122. The van der Waals surface area contributed by atoms with E-state index in [0.29, 0.717) is 23.6 Å². The van der Waals surface area contributed by atoms with Crippen molar-refractivity contribution in [1.82, 2.24) is 15.6 Å². The highest BCUT2D eigenvalue weighted by molar-refractivity contribution is 6.33. The highest BCUT2D eigenvalue weighted by atomic mass is 35.5. The lowest BCUT2D eigenvalue weighted by Crippen LogP contribution is -2.48. The summed E-state index contributed by atoms with van der Waals surface area (Å²) in [7, 11) is 0. The van der Waals surface area contributed by atoms with E-state index in [1.165, 1.54) is 18.4 Å². The Morgan fingerprint density at radius 1 is 1.06 bits per heavy atom. The number of carbonyl (C=O) groups is 2. The maximum atomic E-state index is 13.1. The molecule has 3 N–H and O–H groups in total. The van der Waals surface area contributed by atoms with Gasteiger partial charge in [-0.1, -0.05) is 53.6 Å². The summed E-state index contributed by atoms with van der Waals surface area (Å²) in [6, 6.07) is 14.1. The van der Waals surface area contributed by atoms with Crippen LogP contribution in [0.25, 0.3) is 10.9 Å². The topological polar surface area (TPSA) is 74.0 Å². The Hall–Kier alpha value is -3.05. The van der Waals surface area contributed by atoms with Gasteiger partial charge in [-0.2, -0.15) is 0 Å². The molecule has 6 heteroatoms. The fourth-order valence-electron chi connectivity index (χ4n) is 4.21. The second-order valence-corrected chi connectivity index (χ2v) is 8.63. The Bertz CT molecular complexity index is 1130. The largest absolute Gasteiger partial charge is 0.361 e. The summed E-state index contributed by atoms with van der Waals surface area (Å²) in [6.45, 7) is 0.566. The summed E-state index contributed by atoms with van der Waals surface area (Å²) in [5.74, 6) is -0.544. The molecule has 1 heterocycles. The first-order valence-corrected chi connectivity index (χ1v) is 11.6. The van der Waals surface area contributed by atoms with Crippen molar-refractivity contribution in [2.45, 2.75) is 44.6 Å². The molecule has 32 heavy (non-hydrogen) atoms. The number of amides is 2. The van der Waals surface area contributed by atoms with Crippen molar-refractivity contribution in [3.63, 3.8) is 0 Å². The Morgan fingerprint density at radius 2 is 1.88 bits per heavy atom. The highest BCUT2D eigenvalue weighted by Gasteiger charge is 2.24. The Kier molecular flexibility index (Phi) is 7.28. The van der Waals surface area contributed by atoms with Gasteiger partial charge in [0.05, 0.1) is 10.6 Å². The van der Waals surface area contributed by atoms with Crippen LogP contribution in [0.4, 0.5) is 0 Å². The van der Waals surface area contributed by atoms with Gasteiger partial charge in [-0.25, -0.2) is 0 Å². The third-order valence-corrected chi connectivity index (χ3v) is 6.30. The molecule has 0 fully saturated rings. The van der Waals surface area contributed by atoms with Crippen LogP contribution in [0.2, 0.25) is 5.02 Å². The van der Waals surface area contributed by atoms with Crippen molar-refractivity contribution in [2.75, 3.05) is 6.54 Å². The van der Waals surface area contributed by atoms with Crippen LogP contribution < -0.4 is 10.6 Å². The zero-order chi connectivity index (χ0) is 22.3. The molecule has 3 aromatic rings. The van der Waals surface area contributed by atoms with Crippen LogP contribution in [-0.4, -0.2) is 29.4 Å². The molecule has 2 amide bonds. The summed E-state index contributed by atoms with van der Waals surface area (Å²) < 4.78 is 0. The van der Waals surface area contributed by atoms with Gasteiger partial charge in [-0.05, 0) is 55.9 Å². The van der Waals surface area contributed by atoms with E-state index in [1.807, 2.05) is 30.5 Å². The van der Waals surface area contributed by atoms with Crippen LogP contribution in [0, 0.1) is 0 Å². The van der Waals surface area contributed by atoms with Crippen molar-refractivity contribution in [2.24, 2.45) is 0 Å². The van der Waals surface area contributed by atoms with Crippen LogP contribution in [0.3, 0.4) is 0 Å². The molecule has 0 bridgehead atoms. The van der Waals surface area contributed by atoms with Gasteiger partial charge in [-0.3, -0.25) is 9.59 Å². The standard InChI is InChI=1S/C26H28ClN3O2/c27-22-12-6-4-11-21(22)25(31)30-24(16-19-17-29-23-13-7-5-10-20(19)23)26(32)28-15-14-18-8-2-1-3-9-18/h4-8,10-13,17,24,29H,1-3,9,14-16H2,(H,28,32)(H,30,31). The molecule has 4 rings (SSSR count). The van der Waals surface area contributed by atoms with Gasteiger partial charge in [-0.15, -0.1) is 0 Å². The lowest BCUT2D eigenvalue weighted by atomic mass is 9.97. The van der Waals surface area contributed by atoms with Gasteiger partial charge in [0, 0.05) is 30.1 Å². The molecule has 5 nitrogen and oxygen atoms in total. The van der Waals surface area contributed by atoms with E-state index >= 15 is 0 Å². The summed E-state index contributed by atoms with van der Waals surface area (Å²) in [5, 5.41) is 7.33. The number of fused-ring (bicyclic) bond motifs is 1. The first-order chi connectivity index (χ1) is 15.6. The van der Waals surface area contributed by atoms with Gasteiger partial charge >= 0.3 is 0 Å². The molecule has 0 saturated carbocycles. The van der Waals surface area contributed by atoms with Crippen LogP contribution in [-0.2, 0) is 11.2 Å². The monoisotopic (exact) mass is 449 g/mol. The SMILES string of the molecule is O=C(NC(Cc1c[nH]c2ccccc12)C(=O)NCCC1=CCCCC1)c1ccccc1Cl. The van der Waals surface area contributed by atoms with Gasteiger partial charge in [0.2, 0.25) is 5.91 Å². The zero-order valence-corrected chi connectivity index (χ0v) is 18.8. The van der Waals surface area contributed by atoms with Crippen LogP contribution in [0.5, 0.6) is 0 Å². The Balaban J connectivity index is 1.48. The maximum absolute atomic E-state index is 13.1. The predicted molar refractivity (Wildman–Crippen MR) is 129 cm³/mol. The zero-order valence-electron chi connectivity index (χ0n) is 18.0. The van der Waals surface area contributed by atoms with E-state index in [9.17, 15) is 9.59 Å². The van der Waals surface area contributed by atoms with E-state index in [0.717, 1.165) is 35.7 Å². The molecule has 1 unspecified atom stereocenters. The number of para-hydroxylation sites is 1. The second kappa shape index (κ2) is 10.5. The average Bonchev–Trinajstić information content (AvgIpc) is 3.22. The van der Waals surface area contributed by atoms with Gasteiger partial charge in [0.1, 0.15) is 6.04 Å². The quantitative estimate of drug-likeness (QED) is 0.415. The molecule has 2 aromatic carbocycles. The van der Waals surface area contributed by atoms with E-state index in [2.05, 4.69) is 21.7 Å². The molecule has 0 spiro atoms. The van der Waals surface area contributed by atoms with Gasteiger partial charge in [0.15, 0.2) is 0 Å². The minimum Gasteiger partial charge on any atom is -0.361 e. The number of carbonyl (C=O) groups excluding carboxylic acids is 2. The van der Waals surface area contributed by atoms with E-state index in [-0.39, 0.29) is 11.8 Å². The number of rotatable bonds is 8. The number of nitrogens with one attached hydrogen (secondary N) is 3. The van der Waals surface area contributed by atoms with Gasteiger partial charge in [0.25, 0.3) is 5.91 Å². The summed E-state index contributed by atoms with van der Waals surface area (Å²) in [6.07, 6.45) is 10.1. The smallest absolute Gasteiger partial charge is 0.253 e. The predicted octanol–water partition coefficient (Wildman–Crippen LogP) is 5.17. The lowest BCUT2D eigenvalue weighted by Gasteiger charge is -2.19. The maximum Gasteiger partial charge on any atom is 0.253 e. The molecule has 0 aliphatic heterocycles. The average molecular weight is 450 g/mol. The number of allylic oxidation sites excluding steroid dienone is 1. The normalized spacial score (nSPS) is 14.6. The summed E-state index contributed by atoms with van der Waals surface area (Å²) in [5.41, 5.74) is 3.75. The minimum atomic E-state index is -0.710. The number of aromatic amines is 1. The molecular weight excluding hydrogens is 422 g/mol. The van der Waals surface area contributed by atoms with Crippen LogP contribution >= 0.6 is 11.6 Å². The second-order valence-electron chi connectivity index (χ2n) is 8.22. The number of aromatic nitrogens is 1. The fraction of sp³-hybridized carbons (Fsp3) is 0.308. The molecule has 1 aliphatic carbocycles. The van der Waals surface area contributed by atoms with E-state index < -0.39 is 6.04 Å². The van der Waals surface area contributed by atoms with E-state index in [1.54, 1.807) is 24.3 Å². The van der Waals surface area contributed by atoms with Crippen molar-refractivity contribution in [1.29, 1.82) is 0 Å². The number of H-pyrrole nitrogens is 1. The first kappa shape index (κ1) is 22.2. The van der Waals surface area contributed by atoms with E-state index in [4.69, 9.17) is 11.6 Å². The Labute approximate surface area is 193 Å². The summed E-state index contributed by atoms with van der Waals surface area (Å²) >= 11 is 6.20. The van der Waals surface area contributed by atoms with Crippen molar-refractivity contribution in [3.05, 3.63) is 82.5 Å². The summed E-state index contributed by atoms with van der Waals surface area (Å²) in [4.78, 5) is 29.3. The molecule has 0 radical (unpaired) electrons. The van der Waals surface area contributed by atoms with Crippen molar-refractivity contribution < 1.29 is 9.59 Å². The van der Waals surface area contributed by atoms with Crippen molar-refractivity contribution >= 4 is 34.3 Å².